The summed E-state index contributed by atoms with van der Waals surface area (Å²) in [6, 6.07) is 49.6. The molecule has 0 saturated heterocycles. The molecule has 0 amide bonds. The van der Waals surface area contributed by atoms with Gasteiger partial charge in [-0.3, -0.25) is 0 Å². The van der Waals surface area contributed by atoms with E-state index in [9.17, 15) is 0 Å². The average Bonchev–Trinajstić information content (AvgIpc) is 3.81. The van der Waals surface area contributed by atoms with E-state index < -0.39 is 0 Å². The maximum Gasteiger partial charge on any atom is 0.164 e. The zero-order chi connectivity index (χ0) is 38.4. The highest BCUT2D eigenvalue weighted by Gasteiger charge is 2.23. The lowest BCUT2D eigenvalue weighted by atomic mass is 9.94. The number of thiophene rings is 1. The average molecular weight is 761 g/mol. The number of benzene rings is 6. The monoisotopic (exact) mass is 760 g/mol. The van der Waals surface area contributed by atoms with Gasteiger partial charge in [0.15, 0.2) is 17.5 Å². The summed E-state index contributed by atoms with van der Waals surface area (Å²) in [5.74, 6) is 8.83. The van der Waals surface area contributed by atoms with Crippen molar-refractivity contribution in [2.75, 3.05) is 0 Å². The number of rotatable bonds is 6. The lowest BCUT2D eigenvalue weighted by Crippen LogP contribution is -2.07. The third-order valence-electron chi connectivity index (χ3n) is 11.3. The lowest BCUT2D eigenvalue weighted by Gasteiger charge is -2.20. The fourth-order valence-corrected chi connectivity index (χ4v) is 9.73. The van der Waals surface area contributed by atoms with Crippen molar-refractivity contribution in [1.29, 1.82) is 0 Å². The zero-order valence-corrected chi connectivity index (χ0v) is 32.5. The predicted molar refractivity (Wildman–Crippen MR) is 243 cm³/mol. The van der Waals surface area contributed by atoms with Gasteiger partial charge in [-0.25, -0.2) is 15.0 Å². The Hall–Kier alpha value is -7.13. The largest absolute Gasteiger partial charge is 0.311 e. The smallest absolute Gasteiger partial charge is 0.164 e. The van der Waals surface area contributed by atoms with Crippen LogP contribution in [0, 0.1) is 11.8 Å². The maximum absolute atomic E-state index is 5.15. The van der Waals surface area contributed by atoms with Gasteiger partial charge >= 0.3 is 0 Å². The maximum atomic E-state index is 5.15. The molecule has 0 radical (unpaired) electrons. The van der Waals surface area contributed by atoms with Gasteiger partial charge in [0, 0.05) is 65.5 Å². The molecule has 0 N–H and O–H groups in total. The normalized spacial score (nSPS) is 14.1. The molecule has 0 spiro atoms. The summed E-state index contributed by atoms with van der Waals surface area (Å²) in [4.78, 5) is 15.3. The minimum absolute atomic E-state index is 0.634. The van der Waals surface area contributed by atoms with E-state index in [1.54, 1.807) is 0 Å². The Morgan fingerprint density at radius 1 is 0.569 bits per heavy atom. The van der Waals surface area contributed by atoms with Gasteiger partial charge in [-0.15, -0.1) is 11.3 Å². The molecule has 3 heterocycles. The van der Waals surface area contributed by atoms with E-state index in [1.807, 2.05) is 47.7 Å². The third kappa shape index (κ3) is 5.98. The number of allylic oxidation sites excluding steroid dienone is 5. The van der Waals surface area contributed by atoms with E-state index in [-0.39, 0.29) is 0 Å². The highest BCUT2D eigenvalue weighted by atomic mass is 32.1. The van der Waals surface area contributed by atoms with Gasteiger partial charge in [0.1, 0.15) is 0 Å². The van der Waals surface area contributed by atoms with E-state index >= 15 is 0 Å². The van der Waals surface area contributed by atoms with Crippen LogP contribution in [-0.2, 0) is 6.42 Å². The summed E-state index contributed by atoms with van der Waals surface area (Å²) in [5, 5.41) is 3.82. The van der Waals surface area contributed by atoms with Crippen LogP contribution in [0.15, 0.2) is 164 Å². The molecule has 0 atom stereocenters. The Morgan fingerprint density at radius 2 is 1.29 bits per heavy atom. The van der Waals surface area contributed by atoms with E-state index in [1.165, 1.54) is 59.1 Å². The standard InChI is InChI=1S/C53H36N4S/c1-2-13-27-46-42(23-12-1)43-32-29-38(41-25-16-26-45-44-24-14-15-28-49(44)58-50(41)45)33-48(43)57(46)47-34-39(30-31-40(47)35-17-6-3-7-18-35)53-55-51(36-19-8-4-9-20-36)54-52(56-53)37-21-10-5-11-22-37/h3-6,8-12,14-17,19-26,28-34H,1,7,18,27H2/b23-12-. The first-order valence-corrected chi connectivity index (χ1v) is 20.7. The number of hydrogen-bond acceptors (Lipinski definition) is 4. The van der Waals surface area contributed by atoms with E-state index in [2.05, 4.69) is 150 Å². The second-order valence-electron chi connectivity index (χ2n) is 14.8. The molecule has 11 rings (SSSR count). The highest BCUT2D eigenvalue weighted by Crippen LogP contribution is 2.43. The number of aromatic nitrogens is 4. The van der Waals surface area contributed by atoms with Crippen LogP contribution >= 0.6 is 11.3 Å². The predicted octanol–water partition coefficient (Wildman–Crippen LogP) is 13.5. The van der Waals surface area contributed by atoms with Crippen LogP contribution in [0.3, 0.4) is 0 Å². The molecule has 6 aromatic carbocycles. The molecule has 9 aromatic rings. The molecule has 0 fully saturated rings. The van der Waals surface area contributed by atoms with Crippen molar-refractivity contribution in [3.63, 3.8) is 0 Å². The molecule has 0 bridgehead atoms. The van der Waals surface area contributed by atoms with Crippen LogP contribution in [0.25, 0.3) is 93.7 Å². The van der Waals surface area contributed by atoms with Crippen molar-refractivity contribution in [2.45, 2.75) is 25.7 Å². The first-order chi connectivity index (χ1) is 28.8. The van der Waals surface area contributed by atoms with Crippen molar-refractivity contribution >= 4 is 54.1 Å². The van der Waals surface area contributed by atoms with Gasteiger partial charge in [-0.1, -0.05) is 164 Å². The Labute approximate surface area is 341 Å². The summed E-state index contributed by atoms with van der Waals surface area (Å²) >= 11 is 1.87. The van der Waals surface area contributed by atoms with Crippen molar-refractivity contribution < 1.29 is 0 Å². The van der Waals surface area contributed by atoms with E-state index in [4.69, 9.17) is 15.0 Å². The van der Waals surface area contributed by atoms with Crippen LogP contribution in [0.1, 0.15) is 36.1 Å². The fourth-order valence-electron chi connectivity index (χ4n) is 8.49. The van der Waals surface area contributed by atoms with Crippen molar-refractivity contribution in [3.8, 4) is 62.8 Å². The Balaban J connectivity index is 1.18. The number of nitrogens with zero attached hydrogens (tertiary/aromatic N) is 4. The molecule has 5 heteroatoms. The van der Waals surface area contributed by atoms with Crippen LogP contribution in [0.4, 0.5) is 0 Å². The molecular weight excluding hydrogens is 725 g/mol. The molecule has 2 aliphatic carbocycles. The Kier molecular flexibility index (Phi) is 8.49. The molecule has 4 nitrogen and oxygen atoms in total. The van der Waals surface area contributed by atoms with Gasteiger partial charge in [0.2, 0.25) is 0 Å². The topological polar surface area (TPSA) is 43.6 Å². The van der Waals surface area contributed by atoms with Crippen molar-refractivity contribution in [2.24, 2.45) is 0 Å². The molecule has 58 heavy (non-hydrogen) atoms. The molecule has 0 unspecified atom stereocenters. The van der Waals surface area contributed by atoms with Gasteiger partial charge in [-0.2, -0.15) is 0 Å². The summed E-state index contributed by atoms with van der Waals surface area (Å²) in [5.41, 5.74) is 12.4. The zero-order valence-electron chi connectivity index (χ0n) is 31.7. The first-order valence-electron chi connectivity index (χ1n) is 19.8. The summed E-state index contributed by atoms with van der Waals surface area (Å²) in [6.45, 7) is 0. The van der Waals surface area contributed by atoms with Gasteiger partial charge in [0.05, 0.1) is 17.6 Å². The van der Waals surface area contributed by atoms with E-state index in [0.717, 1.165) is 47.2 Å². The molecular formula is C53H36N4S. The van der Waals surface area contributed by atoms with Crippen LogP contribution < -0.4 is 0 Å². The highest BCUT2D eigenvalue weighted by molar-refractivity contribution is 7.26. The lowest BCUT2D eigenvalue weighted by molar-refractivity contribution is 0.992. The Bertz CT molecular complexity index is 3170. The summed E-state index contributed by atoms with van der Waals surface area (Å²) in [6.07, 6.45) is 14.5. The summed E-state index contributed by atoms with van der Waals surface area (Å²) in [7, 11) is 0. The molecule has 274 valence electrons. The molecule has 2 aliphatic rings. The quantitative estimate of drug-likeness (QED) is 0.159. The second kappa shape index (κ2) is 14.4. The van der Waals surface area contributed by atoms with Crippen molar-refractivity contribution in [3.05, 3.63) is 181 Å². The molecule has 0 aliphatic heterocycles. The SMILES string of the molecule is C1#CCc2c(c3ccc(-c4cccc5c4sc4ccccc45)cc3n2-c2cc(-c3nc(-c4ccccc4)nc(-c4ccccc4)n3)ccc2C2=CC=CCC2)/C=C\C1. The van der Waals surface area contributed by atoms with Crippen molar-refractivity contribution in [1.82, 2.24) is 19.5 Å². The molecule has 0 saturated carbocycles. The van der Waals surface area contributed by atoms with Gasteiger partial charge in [-0.05, 0) is 47.7 Å². The number of fused-ring (bicyclic) bond motifs is 6. The minimum Gasteiger partial charge on any atom is -0.311 e. The van der Waals surface area contributed by atoms with Gasteiger partial charge in [0.25, 0.3) is 0 Å². The first kappa shape index (κ1) is 34.1. The fraction of sp³-hybridized carbons (Fsp3) is 0.0755. The third-order valence-corrected chi connectivity index (χ3v) is 12.5. The number of hydrogen-bond donors (Lipinski definition) is 0. The summed E-state index contributed by atoms with van der Waals surface area (Å²) < 4.78 is 5.10. The van der Waals surface area contributed by atoms with E-state index in [0.29, 0.717) is 23.9 Å². The van der Waals surface area contributed by atoms with Gasteiger partial charge < -0.3 is 4.57 Å². The second-order valence-corrected chi connectivity index (χ2v) is 15.8. The Morgan fingerprint density at radius 3 is 2.07 bits per heavy atom. The van der Waals surface area contributed by atoms with Crippen LogP contribution in [0.5, 0.6) is 0 Å². The minimum atomic E-state index is 0.634. The van der Waals surface area contributed by atoms with Crippen LogP contribution in [0.2, 0.25) is 0 Å². The van der Waals surface area contributed by atoms with Crippen LogP contribution in [-0.4, -0.2) is 19.5 Å². The molecule has 3 aromatic heterocycles.